The van der Waals surface area contributed by atoms with Crippen LogP contribution in [-0.4, -0.2) is 29.6 Å². The molecule has 0 aliphatic heterocycles. The predicted molar refractivity (Wildman–Crippen MR) is 132 cm³/mol. The molecule has 0 radical (unpaired) electrons. The van der Waals surface area contributed by atoms with E-state index in [0.717, 1.165) is 0 Å². The Morgan fingerprint density at radius 2 is 1.80 bits per heavy atom. The Hall–Kier alpha value is -3.95. The number of hydrazone groups is 1. The second-order valence-electron chi connectivity index (χ2n) is 7.05. The lowest BCUT2D eigenvalue weighted by atomic mass is 10.1. The highest BCUT2D eigenvalue weighted by atomic mass is 35.5. The highest BCUT2D eigenvalue weighted by molar-refractivity contribution is 6.36. The van der Waals surface area contributed by atoms with Gasteiger partial charge in [0.2, 0.25) is 5.91 Å². The molecule has 3 aromatic carbocycles. The number of hydrogen-bond donors (Lipinski definition) is 1. The maximum absolute atomic E-state index is 12.5. The van der Waals surface area contributed by atoms with Crippen LogP contribution in [0.2, 0.25) is 10.0 Å². The van der Waals surface area contributed by atoms with E-state index >= 15 is 0 Å². The number of nitrogens with zero attached hydrogens (tertiary/aromatic N) is 2. The number of hydrogen-bond acceptors (Lipinski definition) is 7. The summed E-state index contributed by atoms with van der Waals surface area (Å²) in [6, 6.07) is 14.9. The van der Waals surface area contributed by atoms with Crippen molar-refractivity contribution < 1.29 is 24.0 Å². The molecule has 1 amide bonds. The molecule has 0 aliphatic carbocycles. The maximum atomic E-state index is 12.5. The summed E-state index contributed by atoms with van der Waals surface area (Å²) in [4.78, 5) is 34.8. The third kappa shape index (κ3) is 7.26. The minimum absolute atomic E-state index is 0.00166. The second kappa shape index (κ2) is 12.0. The smallest absolute Gasteiger partial charge is 0.345 e. The number of nitrogens with one attached hydrogen (secondary N) is 1. The number of ether oxygens (including phenoxy) is 2. The molecule has 0 bridgehead atoms. The van der Waals surface area contributed by atoms with Crippen molar-refractivity contribution >= 4 is 47.0 Å². The van der Waals surface area contributed by atoms with Gasteiger partial charge in [-0.15, -0.1) is 0 Å². The van der Waals surface area contributed by atoms with Gasteiger partial charge >= 0.3 is 5.97 Å². The number of nitro groups is 1. The lowest BCUT2D eigenvalue weighted by Crippen LogP contribution is -2.19. The van der Waals surface area contributed by atoms with Crippen molar-refractivity contribution in [1.29, 1.82) is 0 Å². The molecule has 180 valence electrons. The van der Waals surface area contributed by atoms with Crippen LogP contribution in [0.15, 0.2) is 65.8 Å². The van der Waals surface area contributed by atoms with Gasteiger partial charge in [0.15, 0.2) is 11.5 Å². The lowest BCUT2D eigenvalue weighted by Gasteiger charge is -2.12. The molecule has 0 saturated heterocycles. The third-order valence-corrected chi connectivity index (χ3v) is 5.08. The standard InChI is InChI=1S/C24H19Cl2N3O6/c1-2-34-22-11-16(5-10-21(22)35-24(31)19-9-6-17(25)13-20(19)26)14-27-28-23(30)12-15-3-7-18(8-4-15)29(32)33/h3-11,13-14H,2,12H2,1H3,(H,28,30)/b27-14+. The van der Waals surface area contributed by atoms with Gasteiger partial charge in [0.05, 0.1) is 34.8 Å². The summed E-state index contributed by atoms with van der Waals surface area (Å²) in [5.41, 5.74) is 3.67. The summed E-state index contributed by atoms with van der Waals surface area (Å²) in [5, 5.41) is 15.2. The van der Waals surface area contributed by atoms with E-state index in [2.05, 4.69) is 10.5 Å². The van der Waals surface area contributed by atoms with Gasteiger partial charge in [-0.25, -0.2) is 10.2 Å². The van der Waals surface area contributed by atoms with Crippen LogP contribution in [-0.2, 0) is 11.2 Å². The zero-order valence-electron chi connectivity index (χ0n) is 18.4. The summed E-state index contributed by atoms with van der Waals surface area (Å²) in [6.07, 6.45) is 1.40. The van der Waals surface area contributed by atoms with Gasteiger partial charge in [-0.05, 0) is 54.4 Å². The summed E-state index contributed by atoms with van der Waals surface area (Å²) in [6.45, 7) is 2.10. The Balaban J connectivity index is 1.64. The molecule has 0 fully saturated rings. The van der Waals surface area contributed by atoms with E-state index in [1.165, 1.54) is 54.7 Å². The molecule has 0 aliphatic rings. The van der Waals surface area contributed by atoms with E-state index < -0.39 is 16.8 Å². The molecule has 3 rings (SSSR count). The fraction of sp³-hybridized carbons (Fsp3) is 0.125. The first kappa shape index (κ1) is 25.7. The van der Waals surface area contributed by atoms with Gasteiger partial charge in [0, 0.05) is 17.2 Å². The number of rotatable bonds is 9. The Bertz CT molecular complexity index is 1280. The van der Waals surface area contributed by atoms with Crippen LogP contribution >= 0.6 is 23.2 Å². The molecule has 3 aromatic rings. The van der Waals surface area contributed by atoms with Crippen LogP contribution in [0.5, 0.6) is 11.5 Å². The molecule has 0 atom stereocenters. The minimum atomic E-state index is -0.674. The van der Waals surface area contributed by atoms with Crippen molar-refractivity contribution in [3.8, 4) is 11.5 Å². The van der Waals surface area contributed by atoms with Crippen LogP contribution in [0.1, 0.15) is 28.4 Å². The average Bonchev–Trinajstić information content (AvgIpc) is 2.81. The van der Waals surface area contributed by atoms with Gasteiger partial charge in [-0.3, -0.25) is 14.9 Å². The van der Waals surface area contributed by atoms with Crippen LogP contribution in [0.4, 0.5) is 5.69 Å². The van der Waals surface area contributed by atoms with E-state index in [1.807, 2.05) is 0 Å². The molecule has 11 heteroatoms. The summed E-state index contributed by atoms with van der Waals surface area (Å²) in [7, 11) is 0. The fourth-order valence-corrected chi connectivity index (χ4v) is 3.39. The molecule has 0 heterocycles. The van der Waals surface area contributed by atoms with E-state index in [0.29, 0.717) is 28.5 Å². The first-order valence-electron chi connectivity index (χ1n) is 10.3. The Morgan fingerprint density at radius 3 is 2.46 bits per heavy atom. The highest BCUT2D eigenvalue weighted by Gasteiger charge is 2.16. The number of benzene rings is 3. The number of amides is 1. The molecule has 35 heavy (non-hydrogen) atoms. The van der Waals surface area contributed by atoms with E-state index in [9.17, 15) is 19.7 Å². The lowest BCUT2D eigenvalue weighted by molar-refractivity contribution is -0.384. The quantitative estimate of drug-likeness (QED) is 0.137. The monoisotopic (exact) mass is 515 g/mol. The summed E-state index contributed by atoms with van der Waals surface area (Å²) < 4.78 is 11.0. The summed E-state index contributed by atoms with van der Waals surface area (Å²) >= 11 is 11.9. The normalized spacial score (nSPS) is 10.7. The third-order valence-electron chi connectivity index (χ3n) is 4.54. The number of carbonyl (C=O) groups is 2. The zero-order valence-corrected chi connectivity index (χ0v) is 19.9. The van der Waals surface area contributed by atoms with Crippen molar-refractivity contribution in [2.24, 2.45) is 5.10 Å². The fourth-order valence-electron chi connectivity index (χ4n) is 2.91. The van der Waals surface area contributed by atoms with Crippen molar-refractivity contribution in [1.82, 2.24) is 5.43 Å². The zero-order chi connectivity index (χ0) is 25.4. The van der Waals surface area contributed by atoms with Crippen LogP contribution in [0.25, 0.3) is 0 Å². The van der Waals surface area contributed by atoms with Crippen molar-refractivity contribution in [2.45, 2.75) is 13.3 Å². The van der Waals surface area contributed by atoms with E-state index in [4.69, 9.17) is 32.7 Å². The predicted octanol–water partition coefficient (Wildman–Crippen LogP) is 5.21. The first-order chi connectivity index (χ1) is 16.8. The van der Waals surface area contributed by atoms with Crippen molar-refractivity contribution in [2.75, 3.05) is 6.61 Å². The Morgan fingerprint density at radius 1 is 1.06 bits per heavy atom. The number of non-ortho nitro benzene ring substituents is 1. The number of esters is 1. The molecule has 0 unspecified atom stereocenters. The van der Waals surface area contributed by atoms with Crippen molar-refractivity contribution in [3.63, 3.8) is 0 Å². The molecule has 0 aromatic heterocycles. The van der Waals surface area contributed by atoms with Gasteiger partial charge in [0.25, 0.3) is 5.69 Å². The topological polar surface area (TPSA) is 120 Å². The number of halogens is 2. The van der Waals surface area contributed by atoms with Crippen LogP contribution in [0, 0.1) is 10.1 Å². The van der Waals surface area contributed by atoms with Crippen LogP contribution in [0.3, 0.4) is 0 Å². The summed E-state index contributed by atoms with van der Waals surface area (Å²) in [5.74, 6) is -0.590. The molecular formula is C24H19Cl2N3O6. The molecule has 0 spiro atoms. The number of nitro benzene ring substituents is 1. The van der Waals surface area contributed by atoms with E-state index in [1.54, 1.807) is 19.1 Å². The van der Waals surface area contributed by atoms with Gasteiger partial charge in [-0.1, -0.05) is 35.3 Å². The molecule has 0 saturated carbocycles. The van der Waals surface area contributed by atoms with E-state index in [-0.39, 0.29) is 28.4 Å². The van der Waals surface area contributed by atoms with Crippen molar-refractivity contribution in [3.05, 3.63) is 97.5 Å². The Kier molecular flexibility index (Phi) is 8.77. The SMILES string of the molecule is CCOc1cc(/C=N/NC(=O)Cc2ccc([N+](=O)[O-])cc2)ccc1OC(=O)c1ccc(Cl)cc1Cl. The molecule has 1 N–H and O–H groups in total. The minimum Gasteiger partial charge on any atom is -0.490 e. The number of carbonyl (C=O) groups excluding carboxylic acids is 2. The Labute approximate surface area is 210 Å². The van der Waals surface area contributed by atoms with Gasteiger partial charge in [0.1, 0.15) is 0 Å². The second-order valence-corrected chi connectivity index (χ2v) is 7.89. The molecular weight excluding hydrogens is 497 g/mol. The largest absolute Gasteiger partial charge is 0.490 e. The highest BCUT2D eigenvalue weighted by Crippen LogP contribution is 2.30. The average molecular weight is 516 g/mol. The van der Waals surface area contributed by atoms with Gasteiger partial charge < -0.3 is 9.47 Å². The maximum Gasteiger partial charge on any atom is 0.345 e. The molecule has 9 nitrogen and oxygen atoms in total. The first-order valence-corrected chi connectivity index (χ1v) is 11.0. The van der Waals surface area contributed by atoms with Crippen LogP contribution < -0.4 is 14.9 Å². The van der Waals surface area contributed by atoms with Gasteiger partial charge in [-0.2, -0.15) is 5.10 Å².